The highest BCUT2D eigenvalue weighted by Crippen LogP contribution is 2.34. The fourth-order valence-corrected chi connectivity index (χ4v) is 3.03. The van der Waals surface area contributed by atoms with E-state index in [2.05, 4.69) is 24.3 Å². The molecule has 0 aromatic heterocycles. The Bertz CT molecular complexity index is 545. The predicted molar refractivity (Wildman–Crippen MR) is 81.7 cm³/mol. The minimum absolute atomic E-state index is 0. The summed E-state index contributed by atoms with van der Waals surface area (Å²) in [4.78, 5) is 6.04. The van der Waals surface area contributed by atoms with Gasteiger partial charge in [-0.25, -0.2) is 0 Å². The van der Waals surface area contributed by atoms with Crippen LogP contribution in [0.4, 0.5) is 0 Å². The summed E-state index contributed by atoms with van der Waals surface area (Å²) in [6.07, 6.45) is 0.659. The zero-order valence-corrected chi connectivity index (χ0v) is 13.5. The van der Waals surface area contributed by atoms with Crippen LogP contribution in [0.25, 0.3) is 0 Å². The van der Waals surface area contributed by atoms with E-state index >= 15 is 0 Å². The van der Waals surface area contributed by atoms with Gasteiger partial charge in [0.25, 0.3) is 0 Å². The lowest BCUT2D eigenvalue weighted by atomic mass is 10.1. The van der Waals surface area contributed by atoms with Crippen LogP contribution in [0.5, 0.6) is 0 Å². The largest absolute Gasteiger partial charge is 1.00 e. The molecule has 1 unspecified atom stereocenters. The molecule has 1 saturated heterocycles. The molecule has 3 nitrogen and oxygen atoms in total. The van der Waals surface area contributed by atoms with Crippen LogP contribution < -0.4 is 12.4 Å². The van der Waals surface area contributed by atoms with Crippen LogP contribution >= 0.6 is 0 Å². The van der Waals surface area contributed by atoms with Crippen molar-refractivity contribution in [3.05, 3.63) is 71.8 Å². The van der Waals surface area contributed by atoms with Crippen molar-refractivity contribution in [2.75, 3.05) is 6.54 Å². The molecule has 0 saturated carbocycles. The predicted octanol–water partition coefficient (Wildman–Crippen LogP) is 0.251. The van der Waals surface area contributed by atoms with Crippen molar-refractivity contribution < 1.29 is 27.0 Å². The maximum atomic E-state index is 10.2. The Hall–Kier alpha value is -1.39. The van der Waals surface area contributed by atoms with Crippen molar-refractivity contribution in [3.8, 4) is 0 Å². The molecule has 1 N–H and O–H groups in total. The summed E-state index contributed by atoms with van der Waals surface area (Å²) >= 11 is 0. The SMILES string of the molecule is CC1(O)CC[N+](Cc2ccccc2)(Cc2ccccc2)O1.[Cl-]. The highest BCUT2D eigenvalue weighted by atomic mass is 35.5. The van der Waals surface area contributed by atoms with E-state index in [1.165, 1.54) is 11.1 Å². The quantitative estimate of drug-likeness (QED) is 0.819. The Morgan fingerprint density at radius 2 is 1.41 bits per heavy atom. The van der Waals surface area contributed by atoms with Crippen molar-refractivity contribution in [2.24, 2.45) is 0 Å². The van der Waals surface area contributed by atoms with Gasteiger partial charge in [0.1, 0.15) is 19.6 Å². The summed E-state index contributed by atoms with van der Waals surface area (Å²) in [5.41, 5.74) is 2.46. The van der Waals surface area contributed by atoms with Crippen LogP contribution in [0.3, 0.4) is 0 Å². The third-order valence-electron chi connectivity index (χ3n) is 4.00. The van der Waals surface area contributed by atoms with Gasteiger partial charge in [-0.15, -0.1) is 0 Å². The monoisotopic (exact) mass is 319 g/mol. The van der Waals surface area contributed by atoms with E-state index in [1.807, 2.05) is 36.4 Å². The Kier molecular flexibility index (Phi) is 5.24. The highest BCUT2D eigenvalue weighted by molar-refractivity contribution is 5.15. The molecule has 1 heterocycles. The summed E-state index contributed by atoms with van der Waals surface area (Å²) in [6, 6.07) is 20.7. The molecule has 2 aromatic carbocycles. The molecule has 0 radical (unpaired) electrons. The van der Waals surface area contributed by atoms with Crippen molar-refractivity contribution in [3.63, 3.8) is 0 Å². The first-order valence-corrected chi connectivity index (χ1v) is 7.44. The molecule has 2 aromatic rings. The van der Waals surface area contributed by atoms with Crippen LogP contribution in [0.2, 0.25) is 0 Å². The normalized spacial score (nSPS) is 23.0. The molecular formula is C18H22ClNO2. The van der Waals surface area contributed by atoms with Crippen LogP contribution in [-0.4, -0.2) is 22.1 Å². The van der Waals surface area contributed by atoms with Gasteiger partial charge in [0.05, 0.1) is 6.42 Å². The summed E-state index contributed by atoms with van der Waals surface area (Å²) in [7, 11) is 0. The lowest BCUT2D eigenvalue weighted by Crippen LogP contribution is -3.00. The maximum Gasteiger partial charge on any atom is 0.226 e. The highest BCUT2D eigenvalue weighted by Gasteiger charge is 2.47. The smallest absolute Gasteiger partial charge is 0.226 e. The van der Waals surface area contributed by atoms with E-state index in [0.717, 1.165) is 19.6 Å². The van der Waals surface area contributed by atoms with Crippen LogP contribution in [0.1, 0.15) is 24.5 Å². The molecule has 1 fully saturated rings. The molecule has 0 spiro atoms. The van der Waals surface area contributed by atoms with Gasteiger partial charge in [-0.1, -0.05) is 60.7 Å². The lowest BCUT2D eigenvalue weighted by Gasteiger charge is -2.32. The lowest BCUT2D eigenvalue weighted by molar-refractivity contribution is -1.12. The minimum Gasteiger partial charge on any atom is -1.00 e. The Morgan fingerprint density at radius 1 is 0.955 bits per heavy atom. The third kappa shape index (κ3) is 4.08. The number of rotatable bonds is 4. The molecule has 1 aliphatic heterocycles. The van der Waals surface area contributed by atoms with Crippen LogP contribution in [0, 0.1) is 0 Å². The molecule has 0 aliphatic carbocycles. The zero-order chi connectivity index (χ0) is 14.8. The first-order chi connectivity index (χ1) is 10.1. The van der Waals surface area contributed by atoms with Gasteiger partial charge in [-0.2, -0.15) is 9.48 Å². The summed E-state index contributed by atoms with van der Waals surface area (Å²) in [5, 5.41) is 10.2. The number of aliphatic hydroxyl groups is 1. The third-order valence-corrected chi connectivity index (χ3v) is 4.00. The summed E-state index contributed by atoms with van der Waals surface area (Å²) in [6.45, 7) is 4.11. The first kappa shape index (κ1) is 17.0. The molecule has 22 heavy (non-hydrogen) atoms. The molecule has 4 heteroatoms. The van der Waals surface area contributed by atoms with Crippen LogP contribution in [-0.2, 0) is 17.9 Å². The maximum absolute atomic E-state index is 10.2. The Morgan fingerprint density at radius 3 is 1.77 bits per heavy atom. The first-order valence-electron chi connectivity index (χ1n) is 7.44. The van der Waals surface area contributed by atoms with E-state index in [9.17, 15) is 5.11 Å². The number of nitrogens with zero attached hydrogens (tertiary/aromatic N) is 1. The topological polar surface area (TPSA) is 29.5 Å². The molecular weight excluding hydrogens is 298 g/mol. The van der Waals surface area contributed by atoms with E-state index in [1.54, 1.807) is 6.92 Å². The van der Waals surface area contributed by atoms with Crippen molar-refractivity contribution in [2.45, 2.75) is 32.2 Å². The number of halogens is 1. The minimum atomic E-state index is -1.04. The number of quaternary nitrogens is 1. The molecule has 0 bridgehead atoms. The fourth-order valence-electron chi connectivity index (χ4n) is 3.03. The van der Waals surface area contributed by atoms with Crippen molar-refractivity contribution in [1.82, 2.24) is 0 Å². The molecule has 1 aliphatic rings. The number of hydrogen-bond donors (Lipinski definition) is 1. The molecule has 1 atom stereocenters. The van der Waals surface area contributed by atoms with Crippen molar-refractivity contribution in [1.29, 1.82) is 0 Å². The van der Waals surface area contributed by atoms with Gasteiger partial charge in [0.15, 0.2) is 0 Å². The van der Waals surface area contributed by atoms with E-state index in [0.29, 0.717) is 11.1 Å². The second kappa shape index (κ2) is 6.80. The molecule has 3 rings (SSSR count). The zero-order valence-electron chi connectivity index (χ0n) is 12.8. The second-order valence-electron chi connectivity index (χ2n) is 6.09. The van der Waals surface area contributed by atoms with Gasteiger partial charge in [-0.05, 0) is 6.92 Å². The standard InChI is InChI=1S/C18H22NO2.ClH/c1-18(20)12-13-19(21-18,14-16-8-4-2-5-9-16)15-17-10-6-3-7-11-17;/h2-11,20H,12-15H2,1H3;1H/q+1;/p-1. The number of benzene rings is 2. The Labute approximate surface area is 138 Å². The van der Waals surface area contributed by atoms with Crippen LogP contribution in [0.15, 0.2) is 60.7 Å². The van der Waals surface area contributed by atoms with Gasteiger partial charge >= 0.3 is 0 Å². The Balaban J connectivity index is 0.00000176. The van der Waals surface area contributed by atoms with Gasteiger partial charge in [0.2, 0.25) is 5.79 Å². The van der Waals surface area contributed by atoms with Gasteiger partial charge in [0, 0.05) is 11.1 Å². The molecule has 0 amide bonds. The summed E-state index contributed by atoms with van der Waals surface area (Å²) in [5.74, 6) is -1.04. The van der Waals surface area contributed by atoms with Gasteiger partial charge in [-0.3, -0.25) is 0 Å². The number of hydrogen-bond acceptors (Lipinski definition) is 2. The fraction of sp³-hybridized carbons (Fsp3) is 0.333. The van der Waals surface area contributed by atoms with Gasteiger partial charge < -0.3 is 17.5 Å². The van der Waals surface area contributed by atoms with E-state index in [4.69, 9.17) is 4.84 Å². The van der Waals surface area contributed by atoms with E-state index in [-0.39, 0.29) is 12.4 Å². The summed E-state index contributed by atoms with van der Waals surface area (Å²) < 4.78 is 0.445. The molecule has 118 valence electrons. The average molecular weight is 320 g/mol. The average Bonchev–Trinajstić information content (AvgIpc) is 2.76. The van der Waals surface area contributed by atoms with E-state index < -0.39 is 5.79 Å². The second-order valence-corrected chi connectivity index (χ2v) is 6.09. The van der Waals surface area contributed by atoms with Crippen molar-refractivity contribution >= 4 is 0 Å². The number of hydroxylamine groups is 3.